The molecule has 0 aliphatic rings. The molecule has 0 fully saturated rings. The third-order valence-corrected chi connectivity index (χ3v) is 2.19. The van der Waals surface area contributed by atoms with E-state index in [0.29, 0.717) is 12.2 Å². The fourth-order valence-corrected chi connectivity index (χ4v) is 1.38. The van der Waals surface area contributed by atoms with Crippen molar-refractivity contribution in [1.82, 2.24) is 5.32 Å². The summed E-state index contributed by atoms with van der Waals surface area (Å²) in [6.45, 7) is 5.65. The van der Waals surface area contributed by atoms with E-state index in [1.165, 1.54) is 24.3 Å². The van der Waals surface area contributed by atoms with Gasteiger partial charge in [-0.25, -0.2) is 4.39 Å². The number of nitrogens with one attached hydrogen (secondary N) is 1. The Morgan fingerprint density at radius 2 is 1.94 bits per heavy atom. The molecule has 3 nitrogen and oxygen atoms in total. The maximum atomic E-state index is 12.7. The molecule has 0 saturated carbocycles. The fraction of sp³-hybridized carbons (Fsp3) is 0.462. The summed E-state index contributed by atoms with van der Waals surface area (Å²) in [4.78, 5) is 11.7. The molecular formula is C13H18FNO2. The molecule has 1 aromatic rings. The van der Waals surface area contributed by atoms with Crippen molar-refractivity contribution in [2.24, 2.45) is 0 Å². The highest BCUT2D eigenvalue weighted by Crippen LogP contribution is 2.14. The second-order valence-electron chi connectivity index (χ2n) is 4.13. The molecule has 1 amide bonds. The molecule has 1 rings (SSSR count). The van der Waals surface area contributed by atoms with Crippen molar-refractivity contribution in [3.05, 3.63) is 30.1 Å². The molecule has 1 unspecified atom stereocenters. The van der Waals surface area contributed by atoms with Crippen LogP contribution in [0, 0.1) is 5.82 Å². The van der Waals surface area contributed by atoms with Crippen molar-refractivity contribution >= 4 is 5.91 Å². The fourth-order valence-electron chi connectivity index (χ4n) is 1.38. The lowest BCUT2D eigenvalue weighted by atomic mass is 10.2. The first kappa shape index (κ1) is 13.5. The van der Waals surface area contributed by atoms with Crippen molar-refractivity contribution in [3.63, 3.8) is 0 Å². The number of benzene rings is 1. The van der Waals surface area contributed by atoms with Gasteiger partial charge in [-0.1, -0.05) is 6.92 Å². The lowest BCUT2D eigenvalue weighted by molar-refractivity contribution is -0.128. The summed E-state index contributed by atoms with van der Waals surface area (Å²) in [5.41, 5.74) is 0. The number of ether oxygens (including phenoxy) is 1. The highest BCUT2D eigenvalue weighted by Gasteiger charge is 2.18. The van der Waals surface area contributed by atoms with Crippen molar-refractivity contribution in [2.45, 2.75) is 39.3 Å². The predicted molar refractivity (Wildman–Crippen MR) is 64.4 cm³/mol. The molecule has 0 radical (unpaired) electrons. The molecule has 0 saturated heterocycles. The second kappa shape index (κ2) is 6.23. The Morgan fingerprint density at radius 1 is 1.35 bits per heavy atom. The van der Waals surface area contributed by atoms with Crippen LogP contribution in [0.1, 0.15) is 27.2 Å². The Balaban J connectivity index is 2.63. The minimum atomic E-state index is -0.539. The maximum absolute atomic E-state index is 12.7. The highest BCUT2D eigenvalue weighted by molar-refractivity contribution is 5.81. The number of carbonyl (C=O) groups excluding carboxylic acids is 1. The number of halogens is 1. The number of rotatable bonds is 5. The van der Waals surface area contributed by atoms with Crippen LogP contribution in [0.15, 0.2) is 24.3 Å². The van der Waals surface area contributed by atoms with Crippen molar-refractivity contribution in [1.29, 1.82) is 0 Å². The van der Waals surface area contributed by atoms with Gasteiger partial charge >= 0.3 is 0 Å². The predicted octanol–water partition coefficient (Wildman–Crippen LogP) is 2.51. The molecule has 94 valence electrons. The Labute approximate surface area is 101 Å². The maximum Gasteiger partial charge on any atom is 0.261 e. The van der Waals surface area contributed by atoms with Gasteiger partial charge in [0.2, 0.25) is 0 Å². The van der Waals surface area contributed by atoms with Gasteiger partial charge in [0.25, 0.3) is 5.91 Å². The lowest BCUT2D eigenvalue weighted by Crippen LogP contribution is -2.41. The molecule has 0 bridgehead atoms. The molecule has 1 N–H and O–H groups in total. The van der Waals surface area contributed by atoms with Crippen LogP contribution in [0.5, 0.6) is 5.75 Å². The molecule has 0 aromatic heterocycles. The van der Waals surface area contributed by atoms with E-state index in [4.69, 9.17) is 4.74 Å². The zero-order valence-electron chi connectivity index (χ0n) is 10.4. The van der Waals surface area contributed by atoms with Gasteiger partial charge in [-0.05, 0) is 44.5 Å². The van der Waals surface area contributed by atoms with E-state index in [0.717, 1.165) is 0 Å². The van der Waals surface area contributed by atoms with Gasteiger partial charge in [-0.2, -0.15) is 0 Å². The summed E-state index contributed by atoms with van der Waals surface area (Å²) >= 11 is 0. The van der Waals surface area contributed by atoms with E-state index < -0.39 is 6.10 Å². The van der Waals surface area contributed by atoms with Crippen LogP contribution < -0.4 is 10.1 Å². The van der Waals surface area contributed by atoms with E-state index in [-0.39, 0.29) is 17.8 Å². The quantitative estimate of drug-likeness (QED) is 0.857. The van der Waals surface area contributed by atoms with E-state index in [2.05, 4.69) is 5.32 Å². The Kier molecular flexibility index (Phi) is 4.94. The van der Waals surface area contributed by atoms with Crippen molar-refractivity contribution in [2.75, 3.05) is 0 Å². The second-order valence-corrected chi connectivity index (χ2v) is 4.13. The molecule has 0 spiro atoms. The van der Waals surface area contributed by atoms with E-state index >= 15 is 0 Å². The minimum absolute atomic E-state index is 0.0772. The Morgan fingerprint density at radius 3 is 2.41 bits per heavy atom. The zero-order valence-corrected chi connectivity index (χ0v) is 10.4. The SMILES string of the molecule is CCC(Oc1ccc(F)cc1)C(=O)NC(C)C. The first-order valence-corrected chi connectivity index (χ1v) is 5.75. The van der Waals surface area contributed by atoms with E-state index in [1.807, 2.05) is 20.8 Å². The molecule has 0 heterocycles. The molecule has 4 heteroatoms. The normalized spacial score (nSPS) is 12.3. The number of amides is 1. The zero-order chi connectivity index (χ0) is 12.8. The monoisotopic (exact) mass is 239 g/mol. The van der Waals surface area contributed by atoms with Crippen LogP contribution in [-0.2, 0) is 4.79 Å². The smallest absolute Gasteiger partial charge is 0.261 e. The summed E-state index contributed by atoms with van der Waals surface area (Å²) < 4.78 is 18.2. The topological polar surface area (TPSA) is 38.3 Å². The average molecular weight is 239 g/mol. The standard InChI is InChI=1S/C13H18FNO2/c1-4-12(13(16)15-9(2)3)17-11-7-5-10(14)6-8-11/h5-9,12H,4H2,1-3H3,(H,15,16). The Bertz CT molecular complexity index is 362. The van der Waals surface area contributed by atoms with Crippen LogP contribution in [0.25, 0.3) is 0 Å². The largest absolute Gasteiger partial charge is 0.481 e. The summed E-state index contributed by atoms with van der Waals surface area (Å²) in [7, 11) is 0. The molecule has 0 aliphatic carbocycles. The van der Waals surface area contributed by atoms with Gasteiger partial charge < -0.3 is 10.1 Å². The van der Waals surface area contributed by atoms with E-state index in [9.17, 15) is 9.18 Å². The molecule has 17 heavy (non-hydrogen) atoms. The average Bonchev–Trinajstić information content (AvgIpc) is 2.27. The van der Waals surface area contributed by atoms with Gasteiger partial charge in [0.1, 0.15) is 11.6 Å². The third-order valence-electron chi connectivity index (χ3n) is 2.19. The van der Waals surface area contributed by atoms with Crippen LogP contribution in [0.3, 0.4) is 0 Å². The van der Waals surface area contributed by atoms with Gasteiger partial charge in [0.05, 0.1) is 0 Å². The van der Waals surface area contributed by atoms with Gasteiger partial charge in [-0.15, -0.1) is 0 Å². The van der Waals surface area contributed by atoms with Crippen molar-refractivity contribution < 1.29 is 13.9 Å². The first-order valence-electron chi connectivity index (χ1n) is 5.75. The third kappa shape index (κ3) is 4.43. The van der Waals surface area contributed by atoms with Crippen molar-refractivity contribution in [3.8, 4) is 5.75 Å². The lowest BCUT2D eigenvalue weighted by Gasteiger charge is -2.18. The van der Waals surface area contributed by atoms with Crippen LogP contribution in [-0.4, -0.2) is 18.1 Å². The van der Waals surface area contributed by atoms with Crippen LogP contribution in [0.4, 0.5) is 4.39 Å². The van der Waals surface area contributed by atoms with Crippen LogP contribution >= 0.6 is 0 Å². The van der Waals surface area contributed by atoms with Gasteiger partial charge in [-0.3, -0.25) is 4.79 Å². The van der Waals surface area contributed by atoms with Gasteiger partial charge in [0, 0.05) is 6.04 Å². The molecule has 0 aliphatic heterocycles. The number of carbonyl (C=O) groups is 1. The molecular weight excluding hydrogens is 221 g/mol. The number of hydrogen-bond donors (Lipinski definition) is 1. The molecule has 1 aromatic carbocycles. The van der Waals surface area contributed by atoms with E-state index in [1.54, 1.807) is 0 Å². The molecule has 1 atom stereocenters. The summed E-state index contributed by atoms with van der Waals surface area (Å²) in [5.74, 6) is 0.0287. The minimum Gasteiger partial charge on any atom is -0.481 e. The van der Waals surface area contributed by atoms with Crippen LogP contribution in [0.2, 0.25) is 0 Å². The summed E-state index contributed by atoms with van der Waals surface area (Å²) in [6, 6.07) is 5.72. The van der Waals surface area contributed by atoms with Gasteiger partial charge in [0.15, 0.2) is 6.10 Å². The highest BCUT2D eigenvalue weighted by atomic mass is 19.1. The Hall–Kier alpha value is -1.58. The summed E-state index contributed by atoms with van der Waals surface area (Å²) in [6.07, 6.45) is 0.0264. The number of hydrogen-bond acceptors (Lipinski definition) is 2. The first-order chi connectivity index (χ1) is 8.02. The summed E-state index contributed by atoms with van der Waals surface area (Å²) in [5, 5.41) is 2.79.